The Morgan fingerprint density at radius 1 is 1.25 bits per heavy atom. The summed E-state index contributed by atoms with van der Waals surface area (Å²) < 4.78 is 10.6. The van der Waals surface area contributed by atoms with Crippen LogP contribution >= 0.6 is 11.8 Å². The van der Waals surface area contributed by atoms with Crippen LogP contribution in [-0.2, 0) is 4.79 Å². The van der Waals surface area contributed by atoms with Crippen molar-refractivity contribution in [3.05, 3.63) is 23.8 Å². The van der Waals surface area contributed by atoms with Crippen molar-refractivity contribution >= 4 is 22.9 Å². The Kier molecular flexibility index (Phi) is 5.18. The summed E-state index contributed by atoms with van der Waals surface area (Å²) in [6.07, 6.45) is 1.89. The van der Waals surface area contributed by atoms with E-state index in [2.05, 4.69) is 0 Å². The number of ether oxygens (including phenoxy) is 2. The van der Waals surface area contributed by atoms with Crippen molar-refractivity contribution in [2.75, 3.05) is 39.6 Å². The first-order chi connectivity index (χ1) is 11.6. The van der Waals surface area contributed by atoms with E-state index in [4.69, 9.17) is 9.47 Å². The number of amides is 2. The number of thioether (sulfide) groups is 1. The van der Waals surface area contributed by atoms with Gasteiger partial charge in [0.05, 0.1) is 20.3 Å². The molecule has 6 nitrogen and oxygen atoms in total. The second-order valence-corrected chi connectivity index (χ2v) is 6.94. The topological polar surface area (TPSA) is 59.1 Å². The number of carbonyl (C=O) groups excluding carboxylic acids is 2. The molecule has 2 fully saturated rings. The molecule has 1 atom stereocenters. The number of carbonyl (C=O) groups is 2. The highest BCUT2D eigenvalue weighted by atomic mass is 32.2. The fourth-order valence-corrected chi connectivity index (χ4v) is 4.12. The van der Waals surface area contributed by atoms with Gasteiger partial charge < -0.3 is 19.3 Å². The highest BCUT2D eigenvalue weighted by molar-refractivity contribution is 8.13. The summed E-state index contributed by atoms with van der Waals surface area (Å²) in [6.45, 7) is 1.56. The first-order valence-corrected chi connectivity index (χ1v) is 9.05. The third-order valence-corrected chi connectivity index (χ3v) is 5.43. The Morgan fingerprint density at radius 2 is 2.04 bits per heavy atom. The number of benzene rings is 1. The van der Waals surface area contributed by atoms with Crippen LogP contribution < -0.4 is 9.47 Å². The fraction of sp³-hybridized carbons (Fsp3) is 0.529. The minimum absolute atomic E-state index is 0.00483. The van der Waals surface area contributed by atoms with E-state index in [-0.39, 0.29) is 23.7 Å². The molecule has 2 saturated heterocycles. The molecule has 0 aliphatic carbocycles. The summed E-state index contributed by atoms with van der Waals surface area (Å²) in [6, 6.07) is 5.82. The van der Waals surface area contributed by atoms with Crippen LogP contribution in [0.15, 0.2) is 18.2 Å². The molecule has 7 heteroatoms. The van der Waals surface area contributed by atoms with Gasteiger partial charge in [-0.1, -0.05) is 17.8 Å². The molecule has 0 bridgehead atoms. The van der Waals surface area contributed by atoms with E-state index in [0.29, 0.717) is 18.0 Å². The third-order valence-electron chi connectivity index (χ3n) is 4.54. The van der Waals surface area contributed by atoms with E-state index in [1.54, 1.807) is 19.1 Å². The molecule has 0 spiro atoms. The van der Waals surface area contributed by atoms with Crippen LogP contribution in [0.2, 0.25) is 0 Å². The molecule has 2 amide bonds. The molecular weight excluding hydrogens is 328 g/mol. The van der Waals surface area contributed by atoms with Crippen LogP contribution in [0.4, 0.5) is 4.79 Å². The van der Waals surface area contributed by atoms with E-state index in [1.807, 2.05) is 23.1 Å². The minimum Gasteiger partial charge on any atom is -0.493 e. The molecule has 0 radical (unpaired) electrons. The predicted octanol–water partition coefficient (Wildman–Crippen LogP) is 2.54. The number of rotatable bonds is 5. The van der Waals surface area contributed by atoms with Crippen molar-refractivity contribution in [3.63, 3.8) is 0 Å². The highest BCUT2D eigenvalue weighted by Crippen LogP contribution is 2.37. The summed E-state index contributed by atoms with van der Waals surface area (Å²) >= 11 is 1.28. The molecule has 2 aliphatic rings. The summed E-state index contributed by atoms with van der Waals surface area (Å²) in [5.74, 6) is 2.13. The smallest absolute Gasteiger partial charge is 0.282 e. The molecule has 24 heavy (non-hydrogen) atoms. The maximum absolute atomic E-state index is 12.7. The summed E-state index contributed by atoms with van der Waals surface area (Å²) in [4.78, 5) is 27.9. The molecule has 0 aromatic heterocycles. The average molecular weight is 350 g/mol. The normalized spacial score (nSPS) is 20.6. The molecule has 130 valence electrons. The molecule has 2 aliphatic heterocycles. The zero-order valence-corrected chi connectivity index (χ0v) is 14.8. The van der Waals surface area contributed by atoms with Gasteiger partial charge in [0.25, 0.3) is 5.24 Å². The van der Waals surface area contributed by atoms with E-state index in [9.17, 15) is 9.59 Å². The lowest BCUT2D eigenvalue weighted by molar-refractivity contribution is -0.132. The molecule has 3 rings (SSSR count). The van der Waals surface area contributed by atoms with Crippen LogP contribution in [-0.4, -0.2) is 60.6 Å². The van der Waals surface area contributed by atoms with Gasteiger partial charge in [0.2, 0.25) is 5.91 Å². The molecule has 0 unspecified atom stereocenters. The zero-order valence-electron chi connectivity index (χ0n) is 14.0. The zero-order chi connectivity index (χ0) is 17.1. The molecule has 0 N–H and O–H groups in total. The average Bonchev–Trinajstić information content (AvgIpc) is 3.23. The Labute approximate surface area is 146 Å². The molecule has 1 aromatic rings. The van der Waals surface area contributed by atoms with E-state index >= 15 is 0 Å². The maximum atomic E-state index is 12.7. The second kappa shape index (κ2) is 7.34. The van der Waals surface area contributed by atoms with E-state index < -0.39 is 0 Å². The lowest BCUT2D eigenvalue weighted by atomic mass is 10.0. The van der Waals surface area contributed by atoms with Crippen LogP contribution in [0.3, 0.4) is 0 Å². The van der Waals surface area contributed by atoms with Crippen LogP contribution in [0.25, 0.3) is 0 Å². The van der Waals surface area contributed by atoms with Crippen molar-refractivity contribution in [2.24, 2.45) is 0 Å². The van der Waals surface area contributed by atoms with E-state index in [1.165, 1.54) is 11.8 Å². The third kappa shape index (κ3) is 3.31. The minimum atomic E-state index is 0.00483. The van der Waals surface area contributed by atoms with Gasteiger partial charge in [-0.25, -0.2) is 0 Å². The fourth-order valence-electron chi connectivity index (χ4n) is 3.30. The van der Waals surface area contributed by atoms with Crippen LogP contribution in [0, 0.1) is 0 Å². The Balaban J connectivity index is 1.75. The second-order valence-electron chi connectivity index (χ2n) is 5.90. The van der Waals surface area contributed by atoms with Crippen molar-refractivity contribution < 1.29 is 19.1 Å². The van der Waals surface area contributed by atoms with Crippen molar-refractivity contribution in [3.8, 4) is 11.5 Å². The highest BCUT2D eigenvalue weighted by Gasteiger charge is 2.33. The largest absolute Gasteiger partial charge is 0.493 e. The van der Waals surface area contributed by atoms with Crippen molar-refractivity contribution in [1.82, 2.24) is 9.80 Å². The molecule has 2 heterocycles. The van der Waals surface area contributed by atoms with Gasteiger partial charge in [0.1, 0.15) is 6.54 Å². The summed E-state index contributed by atoms with van der Waals surface area (Å²) in [7, 11) is 3.21. The molecule has 0 saturated carbocycles. The lowest BCUT2D eigenvalue weighted by Gasteiger charge is -2.27. The number of hydrogen-bond acceptors (Lipinski definition) is 5. The SMILES string of the molecule is COc1ccc([C@@H]2CCCN2C(=O)CN2CCSC2=O)cc1OC. The summed E-state index contributed by atoms with van der Waals surface area (Å²) in [5.41, 5.74) is 1.04. The number of nitrogens with zero attached hydrogens (tertiary/aromatic N) is 2. The quantitative estimate of drug-likeness (QED) is 0.817. The Hall–Kier alpha value is -1.89. The number of hydrogen-bond donors (Lipinski definition) is 0. The van der Waals surface area contributed by atoms with Gasteiger partial charge in [0.15, 0.2) is 11.5 Å². The number of methoxy groups -OCH3 is 2. The van der Waals surface area contributed by atoms with Crippen molar-refractivity contribution in [2.45, 2.75) is 18.9 Å². The van der Waals surface area contributed by atoms with Gasteiger partial charge in [-0.2, -0.15) is 0 Å². The van der Waals surface area contributed by atoms with Gasteiger partial charge in [-0.15, -0.1) is 0 Å². The first-order valence-electron chi connectivity index (χ1n) is 8.07. The molecule has 1 aromatic carbocycles. The van der Waals surface area contributed by atoms with Gasteiger partial charge in [0, 0.05) is 18.8 Å². The predicted molar refractivity (Wildman–Crippen MR) is 92.7 cm³/mol. The van der Waals surface area contributed by atoms with Crippen LogP contribution in [0.1, 0.15) is 24.4 Å². The van der Waals surface area contributed by atoms with Crippen molar-refractivity contribution in [1.29, 1.82) is 0 Å². The maximum Gasteiger partial charge on any atom is 0.282 e. The van der Waals surface area contributed by atoms with Crippen LogP contribution in [0.5, 0.6) is 11.5 Å². The molecular formula is C17H22N2O4S. The standard InChI is InChI=1S/C17H22N2O4S/c1-22-14-6-5-12(10-15(14)23-2)13-4-3-7-19(13)16(20)11-18-8-9-24-17(18)21/h5-6,10,13H,3-4,7-9,11H2,1-2H3/t13-/m0/s1. The summed E-state index contributed by atoms with van der Waals surface area (Å²) in [5, 5.41) is 0.00483. The lowest BCUT2D eigenvalue weighted by Crippen LogP contribution is -2.40. The Morgan fingerprint density at radius 3 is 2.71 bits per heavy atom. The monoisotopic (exact) mass is 350 g/mol. The number of likely N-dealkylation sites (tertiary alicyclic amines) is 1. The van der Waals surface area contributed by atoms with Gasteiger partial charge in [-0.3, -0.25) is 9.59 Å². The van der Waals surface area contributed by atoms with Gasteiger partial charge >= 0.3 is 0 Å². The van der Waals surface area contributed by atoms with Gasteiger partial charge in [-0.05, 0) is 30.5 Å². The first kappa shape index (κ1) is 17.0. The Bertz CT molecular complexity index is 637. The van der Waals surface area contributed by atoms with E-state index in [0.717, 1.165) is 30.7 Å².